The number of nitrogens with zero attached hydrogens (tertiary/aromatic N) is 2. The zero-order valence-corrected chi connectivity index (χ0v) is 17.4. The molecule has 0 atom stereocenters. The average Bonchev–Trinajstić information content (AvgIpc) is 2.91. The van der Waals surface area contributed by atoms with E-state index in [1.807, 2.05) is 45.0 Å². The number of thiocarbonyl (C=S) groups is 1. The summed E-state index contributed by atoms with van der Waals surface area (Å²) in [7, 11) is 0. The first-order valence-electron chi connectivity index (χ1n) is 8.70. The van der Waals surface area contributed by atoms with Gasteiger partial charge in [-0.3, -0.25) is 19.8 Å². The van der Waals surface area contributed by atoms with E-state index in [0.717, 1.165) is 28.2 Å². The number of nitrogens with one attached hydrogen (secondary N) is 1. The van der Waals surface area contributed by atoms with Gasteiger partial charge in [-0.25, -0.2) is 0 Å². The smallest absolute Gasteiger partial charge is 0.265 e. The molecule has 1 aliphatic rings. The quantitative estimate of drug-likeness (QED) is 0.358. The van der Waals surface area contributed by atoms with Gasteiger partial charge < -0.3 is 4.57 Å². The van der Waals surface area contributed by atoms with E-state index >= 15 is 0 Å². The van der Waals surface area contributed by atoms with Gasteiger partial charge in [-0.05, 0) is 68.4 Å². The molecule has 7 heteroatoms. The molecule has 28 heavy (non-hydrogen) atoms. The molecule has 2 aromatic rings. The van der Waals surface area contributed by atoms with Crippen LogP contribution in [0.4, 0.5) is 0 Å². The van der Waals surface area contributed by atoms with E-state index in [1.54, 1.807) is 12.2 Å². The van der Waals surface area contributed by atoms with Crippen molar-refractivity contribution in [2.75, 3.05) is 6.54 Å². The van der Waals surface area contributed by atoms with Gasteiger partial charge in [-0.15, -0.1) is 6.58 Å². The first kappa shape index (κ1) is 20.0. The maximum atomic E-state index is 12.7. The van der Waals surface area contributed by atoms with E-state index in [0.29, 0.717) is 5.02 Å². The third kappa shape index (κ3) is 3.41. The minimum Gasteiger partial charge on any atom is -0.318 e. The Balaban J connectivity index is 2.09. The molecule has 1 aliphatic heterocycles. The van der Waals surface area contributed by atoms with Crippen molar-refractivity contribution < 1.29 is 9.59 Å². The molecule has 0 bridgehead atoms. The van der Waals surface area contributed by atoms with Crippen LogP contribution < -0.4 is 5.32 Å². The predicted octanol–water partition coefficient (Wildman–Crippen LogP) is 3.87. The highest BCUT2D eigenvalue weighted by molar-refractivity contribution is 7.80. The van der Waals surface area contributed by atoms with Gasteiger partial charge in [0.2, 0.25) is 0 Å². The summed E-state index contributed by atoms with van der Waals surface area (Å²) in [4.78, 5) is 26.4. The molecule has 1 saturated heterocycles. The van der Waals surface area contributed by atoms with Crippen LogP contribution in [0.3, 0.4) is 0 Å². The molecule has 0 radical (unpaired) electrons. The number of aromatic nitrogens is 1. The second-order valence-electron chi connectivity index (χ2n) is 6.57. The maximum Gasteiger partial charge on any atom is 0.265 e. The van der Waals surface area contributed by atoms with Crippen molar-refractivity contribution in [3.63, 3.8) is 0 Å². The molecule has 0 saturated carbocycles. The molecule has 1 N–H and O–H groups in total. The van der Waals surface area contributed by atoms with E-state index in [9.17, 15) is 9.59 Å². The van der Waals surface area contributed by atoms with Gasteiger partial charge in [-0.2, -0.15) is 0 Å². The molecule has 0 unspecified atom stereocenters. The van der Waals surface area contributed by atoms with Crippen molar-refractivity contribution in [2.24, 2.45) is 0 Å². The SMILES string of the molecule is C=CCN1C(=O)/C(=C/c2cc(C)n(-c3cccc(Cl)c3C)c2C)C(=O)NC1=S. The molecule has 0 spiro atoms. The lowest BCUT2D eigenvalue weighted by atomic mass is 10.1. The van der Waals surface area contributed by atoms with Crippen LogP contribution in [0.1, 0.15) is 22.5 Å². The summed E-state index contributed by atoms with van der Waals surface area (Å²) in [6.07, 6.45) is 3.17. The Morgan fingerprint density at radius 2 is 1.96 bits per heavy atom. The van der Waals surface area contributed by atoms with Gasteiger partial charge in [-0.1, -0.05) is 23.7 Å². The van der Waals surface area contributed by atoms with Crippen LogP contribution in [0.25, 0.3) is 11.8 Å². The van der Waals surface area contributed by atoms with Gasteiger partial charge in [0.25, 0.3) is 11.8 Å². The Labute approximate surface area is 174 Å². The molecule has 144 valence electrons. The lowest BCUT2D eigenvalue weighted by molar-refractivity contribution is -0.128. The molecule has 1 aromatic heterocycles. The second kappa shape index (κ2) is 7.73. The Kier molecular flexibility index (Phi) is 5.54. The molecule has 5 nitrogen and oxygen atoms in total. The van der Waals surface area contributed by atoms with Crippen molar-refractivity contribution in [1.82, 2.24) is 14.8 Å². The molecule has 2 amide bonds. The lowest BCUT2D eigenvalue weighted by Crippen LogP contribution is -2.53. The van der Waals surface area contributed by atoms with Crippen LogP contribution in [0.5, 0.6) is 0 Å². The van der Waals surface area contributed by atoms with Crippen molar-refractivity contribution in [2.45, 2.75) is 20.8 Å². The number of hydrogen-bond acceptors (Lipinski definition) is 3. The minimum atomic E-state index is -0.501. The number of amides is 2. The molecule has 3 rings (SSSR count). The standard InChI is InChI=1S/C21H20ClN3O2S/c1-5-9-24-20(27)16(19(26)23-21(24)28)11-15-10-12(2)25(14(15)4)18-8-6-7-17(22)13(18)3/h5-8,10-11H,1,9H2,2-4H3,(H,23,26,28)/b16-11+. The highest BCUT2D eigenvalue weighted by atomic mass is 35.5. The van der Waals surface area contributed by atoms with Crippen molar-refractivity contribution in [3.05, 3.63) is 70.0 Å². The maximum absolute atomic E-state index is 12.7. The third-order valence-electron chi connectivity index (χ3n) is 4.75. The molecule has 0 aliphatic carbocycles. The summed E-state index contributed by atoms with van der Waals surface area (Å²) in [6.45, 7) is 9.73. The minimum absolute atomic E-state index is 0.0403. The first-order chi connectivity index (χ1) is 13.3. The molecular formula is C21H20ClN3O2S. The number of carbonyl (C=O) groups is 2. The van der Waals surface area contributed by atoms with Gasteiger partial charge in [0.1, 0.15) is 5.57 Å². The number of carbonyl (C=O) groups excluding carboxylic acids is 2. The number of rotatable bonds is 4. The summed E-state index contributed by atoms with van der Waals surface area (Å²) < 4.78 is 2.06. The zero-order valence-electron chi connectivity index (χ0n) is 15.9. The van der Waals surface area contributed by atoms with Gasteiger partial charge in [0.15, 0.2) is 5.11 Å². The average molecular weight is 414 g/mol. The van der Waals surface area contributed by atoms with E-state index < -0.39 is 11.8 Å². The number of hydrogen-bond donors (Lipinski definition) is 1. The van der Waals surface area contributed by atoms with Crippen molar-refractivity contribution in [3.8, 4) is 5.69 Å². The third-order valence-corrected chi connectivity index (χ3v) is 5.48. The van der Waals surface area contributed by atoms with Crippen LogP contribution in [0, 0.1) is 20.8 Å². The van der Waals surface area contributed by atoms with Crippen LogP contribution in [0.2, 0.25) is 5.02 Å². The lowest BCUT2D eigenvalue weighted by Gasteiger charge is -2.27. The number of benzene rings is 1. The van der Waals surface area contributed by atoms with Crippen LogP contribution in [0.15, 0.2) is 42.5 Å². The highest BCUT2D eigenvalue weighted by Crippen LogP contribution is 2.28. The predicted molar refractivity (Wildman–Crippen MR) is 116 cm³/mol. The number of aryl methyl sites for hydroxylation is 1. The molecule has 2 heterocycles. The Hall–Kier alpha value is -2.70. The normalized spacial score (nSPS) is 15.9. The van der Waals surface area contributed by atoms with E-state index in [1.165, 1.54) is 4.90 Å². The Morgan fingerprint density at radius 3 is 2.64 bits per heavy atom. The number of halogens is 1. The van der Waals surface area contributed by atoms with Crippen LogP contribution in [-0.4, -0.2) is 32.9 Å². The van der Waals surface area contributed by atoms with E-state index in [-0.39, 0.29) is 17.2 Å². The van der Waals surface area contributed by atoms with Crippen molar-refractivity contribution in [1.29, 1.82) is 0 Å². The van der Waals surface area contributed by atoms with Gasteiger partial charge in [0.05, 0.1) is 0 Å². The van der Waals surface area contributed by atoms with Crippen LogP contribution in [-0.2, 0) is 9.59 Å². The van der Waals surface area contributed by atoms with E-state index in [2.05, 4.69) is 16.5 Å². The molecule has 1 fully saturated rings. The first-order valence-corrected chi connectivity index (χ1v) is 9.49. The summed E-state index contributed by atoms with van der Waals surface area (Å²) in [5.41, 5.74) is 4.61. The summed E-state index contributed by atoms with van der Waals surface area (Å²) >= 11 is 11.4. The Bertz CT molecular complexity index is 1050. The zero-order chi connectivity index (χ0) is 20.6. The summed E-state index contributed by atoms with van der Waals surface area (Å²) in [5.74, 6) is -0.934. The highest BCUT2D eigenvalue weighted by Gasteiger charge is 2.32. The topological polar surface area (TPSA) is 54.3 Å². The fraction of sp³-hybridized carbons (Fsp3) is 0.190. The molecule has 1 aromatic carbocycles. The van der Waals surface area contributed by atoms with Crippen molar-refractivity contribution >= 4 is 46.8 Å². The fourth-order valence-corrected chi connectivity index (χ4v) is 3.71. The van der Waals surface area contributed by atoms with Gasteiger partial charge >= 0.3 is 0 Å². The second-order valence-corrected chi connectivity index (χ2v) is 7.36. The van der Waals surface area contributed by atoms with Crippen LogP contribution >= 0.6 is 23.8 Å². The summed E-state index contributed by atoms with van der Waals surface area (Å²) in [6, 6.07) is 7.67. The molecular weight excluding hydrogens is 394 g/mol. The Morgan fingerprint density at radius 1 is 1.25 bits per heavy atom. The van der Waals surface area contributed by atoms with E-state index in [4.69, 9.17) is 23.8 Å². The summed E-state index contributed by atoms with van der Waals surface area (Å²) in [5, 5.41) is 3.33. The largest absolute Gasteiger partial charge is 0.318 e. The monoisotopic (exact) mass is 413 g/mol. The van der Waals surface area contributed by atoms with Gasteiger partial charge in [0, 0.05) is 28.6 Å². The fourth-order valence-electron chi connectivity index (χ4n) is 3.29.